The van der Waals surface area contributed by atoms with Crippen molar-refractivity contribution in [2.75, 3.05) is 0 Å². The Labute approximate surface area is 56.6 Å². The summed E-state index contributed by atoms with van der Waals surface area (Å²) in [7, 11) is 0. The van der Waals surface area contributed by atoms with Gasteiger partial charge in [0.2, 0.25) is 0 Å². The molecule has 0 aliphatic heterocycles. The molecule has 0 aromatic heterocycles. The minimum Gasteiger partial charge on any atom is -0.0622 e. The van der Waals surface area contributed by atoms with Crippen LogP contribution in [0.5, 0.6) is 0 Å². The van der Waals surface area contributed by atoms with Gasteiger partial charge in [0.15, 0.2) is 0 Å². The summed E-state index contributed by atoms with van der Waals surface area (Å²) in [5.41, 5.74) is 0. The number of rotatable bonds is 0. The summed E-state index contributed by atoms with van der Waals surface area (Å²) in [5, 5.41) is 0. The minimum atomic E-state index is 1.10. The Morgan fingerprint density at radius 2 is 1.78 bits per heavy atom. The zero-order valence-corrected chi connectivity index (χ0v) is 6.01. The highest BCUT2D eigenvalue weighted by Gasteiger charge is 2.59. The van der Waals surface area contributed by atoms with E-state index < -0.39 is 0 Å². The first-order valence-corrected chi connectivity index (χ1v) is 4.36. The van der Waals surface area contributed by atoms with E-state index in [9.17, 15) is 0 Å². The lowest BCUT2D eigenvalue weighted by atomic mass is 9.90. The van der Waals surface area contributed by atoms with Crippen molar-refractivity contribution in [3.8, 4) is 0 Å². The molecule has 3 unspecified atom stereocenters. The van der Waals surface area contributed by atoms with E-state index in [0.717, 1.165) is 5.92 Å². The Hall–Kier alpha value is 0. The summed E-state index contributed by atoms with van der Waals surface area (Å²) in [6.45, 7) is 2.46. The predicted molar refractivity (Wildman–Crippen MR) is 37.0 cm³/mol. The van der Waals surface area contributed by atoms with Gasteiger partial charge in [0.25, 0.3) is 0 Å². The molecule has 9 heavy (non-hydrogen) atoms. The van der Waals surface area contributed by atoms with Crippen LogP contribution in [0.1, 0.15) is 26.2 Å². The Morgan fingerprint density at radius 3 is 2.33 bits per heavy atom. The molecule has 3 saturated carbocycles. The SMILES string of the molecule is C[C@H]1CC2CC1[C@H]1CC21. The van der Waals surface area contributed by atoms with Crippen LogP contribution < -0.4 is 0 Å². The van der Waals surface area contributed by atoms with Crippen LogP contribution in [0, 0.1) is 29.6 Å². The van der Waals surface area contributed by atoms with Crippen LogP contribution in [-0.4, -0.2) is 0 Å². The fourth-order valence-corrected chi connectivity index (χ4v) is 3.55. The maximum absolute atomic E-state index is 2.46. The lowest BCUT2D eigenvalue weighted by molar-refractivity contribution is 0.341. The summed E-state index contributed by atoms with van der Waals surface area (Å²) in [4.78, 5) is 0. The molecule has 0 heterocycles. The maximum atomic E-state index is 2.46. The first-order valence-electron chi connectivity index (χ1n) is 4.36. The van der Waals surface area contributed by atoms with Gasteiger partial charge >= 0.3 is 0 Å². The van der Waals surface area contributed by atoms with Crippen LogP contribution in [0.3, 0.4) is 0 Å². The molecule has 3 aliphatic rings. The first kappa shape index (κ1) is 4.76. The molecule has 0 radical (unpaired) electrons. The Balaban J connectivity index is 1.96. The zero-order valence-electron chi connectivity index (χ0n) is 6.01. The summed E-state index contributed by atoms with van der Waals surface area (Å²) < 4.78 is 0. The lowest BCUT2D eigenvalue weighted by Crippen LogP contribution is -2.08. The van der Waals surface area contributed by atoms with Gasteiger partial charge in [-0.1, -0.05) is 6.92 Å². The highest BCUT2D eigenvalue weighted by atomic mass is 14.6. The Morgan fingerprint density at radius 1 is 0.889 bits per heavy atom. The van der Waals surface area contributed by atoms with Crippen molar-refractivity contribution in [1.29, 1.82) is 0 Å². The Kier molecular flexibility index (Phi) is 0.640. The first-order chi connectivity index (χ1) is 4.36. The van der Waals surface area contributed by atoms with Gasteiger partial charge in [-0.3, -0.25) is 0 Å². The van der Waals surface area contributed by atoms with Gasteiger partial charge in [0, 0.05) is 0 Å². The molecular formula is C9H14. The van der Waals surface area contributed by atoms with E-state index in [1.165, 1.54) is 23.7 Å². The molecule has 0 N–H and O–H groups in total. The molecule has 0 nitrogen and oxygen atoms in total. The molecule has 0 amide bonds. The van der Waals surface area contributed by atoms with Gasteiger partial charge in [-0.05, 0) is 48.9 Å². The topological polar surface area (TPSA) is 0 Å². The van der Waals surface area contributed by atoms with Crippen molar-refractivity contribution in [2.45, 2.75) is 26.2 Å². The van der Waals surface area contributed by atoms with Crippen LogP contribution >= 0.6 is 0 Å². The fourth-order valence-electron chi connectivity index (χ4n) is 3.55. The van der Waals surface area contributed by atoms with Crippen molar-refractivity contribution < 1.29 is 0 Å². The summed E-state index contributed by atoms with van der Waals surface area (Å²) in [6.07, 6.45) is 4.79. The van der Waals surface area contributed by atoms with E-state index in [4.69, 9.17) is 0 Å². The molecule has 0 heteroatoms. The third-order valence-electron chi connectivity index (χ3n) is 4.03. The summed E-state index contributed by atoms with van der Waals surface area (Å²) in [6, 6.07) is 0. The van der Waals surface area contributed by atoms with Gasteiger partial charge < -0.3 is 0 Å². The number of hydrogen-bond acceptors (Lipinski definition) is 0. The van der Waals surface area contributed by atoms with Crippen LogP contribution in [0.4, 0.5) is 0 Å². The molecule has 3 aliphatic carbocycles. The highest BCUT2D eigenvalue weighted by Crippen LogP contribution is 2.67. The molecule has 50 valence electrons. The fraction of sp³-hybridized carbons (Fsp3) is 1.00. The van der Waals surface area contributed by atoms with Gasteiger partial charge in [-0.25, -0.2) is 0 Å². The molecule has 0 spiro atoms. The predicted octanol–water partition coefficient (Wildman–Crippen LogP) is 2.30. The van der Waals surface area contributed by atoms with Crippen molar-refractivity contribution in [3.63, 3.8) is 0 Å². The van der Waals surface area contributed by atoms with Gasteiger partial charge in [0.1, 0.15) is 0 Å². The van der Waals surface area contributed by atoms with Crippen molar-refractivity contribution in [3.05, 3.63) is 0 Å². The third kappa shape index (κ3) is 0.426. The van der Waals surface area contributed by atoms with Crippen molar-refractivity contribution in [2.24, 2.45) is 29.6 Å². The monoisotopic (exact) mass is 122 g/mol. The molecule has 3 fully saturated rings. The molecular weight excluding hydrogens is 108 g/mol. The largest absolute Gasteiger partial charge is 0.0622 e. The Bertz CT molecular complexity index is 146. The van der Waals surface area contributed by atoms with E-state index in [-0.39, 0.29) is 0 Å². The van der Waals surface area contributed by atoms with Gasteiger partial charge in [-0.2, -0.15) is 0 Å². The third-order valence-corrected chi connectivity index (χ3v) is 4.03. The summed E-state index contributed by atoms with van der Waals surface area (Å²) >= 11 is 0. The van der Waals surface area contributed by atoms with Gasteiger partial charge in [-0.15, -0.1) is 0 Å². The summed E-state index contributed by atoms with van der Waals surface area (Å²) in [5.74, 6) is 5.92. The van der Waals surface area contributed by atoms with E-state index in [1.807, 2.05) is 0 Å². The second kappa shape index (κ2) is 1.21. The standard InChI is InChI=1S/C9H14/c1-5-2-6-3-7(5)9-4-8(6)9/h5-9H,2-4H2,1H3/t5-,6?,7?,8?,9+/m0/s1. The number of fused-ring (bicyclic) bond motifs is 5. The van der Waals surface area contributed by atoms with Crippen LogP contribution in [0.2, 0.25) is 0 Å². The van der Waals surface area contributed by atoms with E-state index in [0.29, 0.717) is 0 Å². The van der Waals surface area contributed by atoms with Crippen LogP contribution in [0.25, 0.3) is 0 Å². The van der Waals surface area contributed by atoms with Crippen molar-refractivity contribution >= 4 is 0 Å². The molecule has 2 bridgehead atoms. The second-order valence-electron chi connectivity index (χ2n) is 4.44. The average molecular weight is 122 g/mol. The van der Waals surface area contributed by atoms with Gasteiger partial charge in [0.05, 0.1) is 0 Å². The van der Waals surface area contributed by atoms with Crippen molar-refractivity contribution in [1.82, 2.24) is 0 Å². The number of hydrogen-bond donors (Lipinski definition) is 0. The molecule has 3 rings (SSSR count). The van der Waals surface area contributed by atoms with Crippen LogP contribution in [-0.2, 0) is 0 Å². The van der Waals surface area contributed by atoms with E-state index in [2.05, 4.69) is 6.92 Å². The van der Waals surface area contributed by atoms with E-state index >= 15 is 0 Å². The normalized spacial score (nSPS) is 68.3. The second-order valence-corrected chi connectivity index (χ2v) is 4.44. The average Bonchev–Trinajstić information content (AvgIpc) is 2.46. The van der Waals surface area contributed by atoms with E-state index in [1.54, 1.807) is 19.3 Å². The quantitative estimate of drug-likeness (QED) is 0.462. The smallest absolute Gasteiger partial charge is 0.0349 e. The molecule has 0 aromatic carbocycles. The van der Waals surface area contributed by atoms with Crippen LogP contribution in [0.15, 0.2) is 0 Å². The highest BCUT2D eigenvalue weighted by molar-refractivity contribution is 5.08. The lowest BCUT2D eigenvalue weighted by Gasteiger charge is -2.15. The maximum Gasteiger partial charge on any atom is -0.0349 e. The molecule has 5 atom stereocenters. The molecule has 0 aromatic rings. The minimum absolute atomic E-state index is 1.10. The zero-order chi connectivity index (χ0) is 6.01. The molecule has 0 saturated heterocycles.